The molecular weight excluding hydrogens is 472 g/mol. The molecule has 186 valence electrons. The van der Waals surface area contributed by atoms with Gasteiger partial charge in [-0.05, 0) is 79.6 Å². The average Bonchev–Trinajstić information content (AvgIpc) is 3.15. The number of Topliss-reactive ketones (excluding diaryl/α,β-unsaturated/α-hetero) is 1. The van der Waals surface area contributed by atoms with Crippen molar-refractivity contribution in [1.82, 2.24) is 0 Å². The highest BCUT2D eigenvalue weighted by molar-refractivity contribution is 6.51. The summed E-state index contributed by atoms with van der Waals surface area (Å²) in [5.41, 5.74) is 2.33. The van der Waals surface area contributed by atoms with Crippen molar-refractivity contribution in [3.8, 4) is 17.6 Å². The lowest BCUT2D eigenvalue weighted by Crippen LogP contribution is -2.29. The number of esters is 1. The maximum Gasteiger partial charge on any atom is 0.308 e. The summed E-state index contributed by atoms with van der Waals surface area (Å²) in [5.74, 6) is -1.52. The number of amides is 1. The molecule has 1 amide bonds. The quantitative estimate of drug-likeness (QED) is 0.171. The van der Waals surface area contributed by atoms with E-state index in [1.54, 1.807) is 66.7 Å². The topological polar surface area (TPSA) is 117 Å². The fourth-order valence-corrected chi connectivity index (χ4v) is 4.26. The second-order valence-electron chi connectivity index (χ2n) is 8.40. The minimum atomic E-state index is -0.966. The third-order valence-corrected chi connectivity index (χ3v) is 5.92. The molecule has 0 aliphatic carbocycles. The molecule has 0 aromatic heterocycles. The molecule has 0 bridgehead atoms. The van der Waals surface area contributed by atoms with Crippen molar-refractivity contribution >= 4 is 29.1 Å². The summed E-state index contributed by atoms with van der Waals surface area (Å²) in [7, 11) is 0. The van der Waals surface area contributed by atoms with E-state index in [0.29, 0.717) is 40.5 Å². The smallest absolute Gasteiger partial charge is 0.308 e. The standard InChI is InChI=1S/C29H24N2O6/c1-4-36-24-14-9-21(15-17(24)2)27(33)25-26(20-7-12-23(13-8-20)37-18(3)32)31(29(35)28(25)34)22-10-5-19(16-30)6-11-22/h5-15,26,33H,4H2,1-3H3/b27-25-. The first-order valence-electron chi connectivity index (χ1n) is 11.6. The van der Waals surface area contributed by atoms with Gasteiger partial charge in [0.25, 0.3) is 11.7 Å². The first-order valence-corrected chi connectivity index (χ1v) is 11.6. The molecule has 1 atom stereocenters. The number of rotatable bonds is 6. The highest BCUT2D eigenvalue weighted by Crippen LogP contribution is 2.42. The minimum absolute atomic E-state index is 0.0850. The fraction of sp³-hybridized carbons (Fsp3) is 0.172. The van der Waals surface area contributed by atoms with E-state index in [1.807, 2.05) is 19.9 Å². The van der Waals surface area contributed by atoms with Crippen molar-refractivity contribution in [3.05, 3.63) is 94.6 Å². The van der Waals surface area contributed by atoms with Crippen molar-refractivity contribution in [2.45, 2.75) is 26.8 Å². The summed E-state index contributed by atoms with van der Waals surface area (Å²) in [4.78, 5) is 39.2. The molecule has 1 N–H and O–H groups in total. The van der Waals surface area contributed by atoms with Crippen LogP contribution in [0.3, 0.4) is 0 Å². The zero-order chi connectivity index (χ0) is 26.7. The number of nitriles is 1. The number of aliphatic hydroxyl groups excluding tert-OH is 1. The monoisotopic (exact) mass is 496 g/mol. The largest absolute Gasteiger partial charge is 0.507 e. The van der Waals surface area contributed by atoms with Crippen LogP contribution in [-0.4, -0.2) is 29.4 Å². The number of aliphatic hydroxyl groups is 1. The Morgan fingerprint density at radius 2 is 1.73 bits per heavy atom. The van der Waals surface area contributed by atoms with Gasteiger partial charge in [-0.15, -0.1) is 0 Å². The molecular formula is C29H24N2O6. The number of benzene rings is 3. The van der Waals surface area contributed by atoms with Gasteiger partial charge in [-0.3, -0.25) is 19.3 Å². The molecule has 1 fully saturated rings. The van der Waals surface area contributed by atoms with Gasteiger partial charge >= 0.3 is 5.97 Å². The van der Waals surface area contributed by atoms with E-state index in [-0.39, 0.29) is 11.3 Å². The van der Waals surface area contributed by atoms with Gasteiger partial charge in [0.1, 0.15) is 17.3 Å². The summed E-state index contributed by atoms with van der Waals surface area (Å²) >= 11 is 0. The van der Waals surface area contributed by atoms with E-state index >= 15 is 0 Å². The van der Waals surface area contributed by atoms with E-state index in [1.165, 1.54) is 11.8 Å². The summed E-state index contributed by atoms with van der Waals surface area (Å²) in [6.07, 6.45) is 0. The van der Waals surface area contributed by atoms with Gasteiger partial charge in [0, 0.05) is 18.2 Å². The Bertz CT molecular complexity index is 1450. The maximum atomic E-state index is 13.3. The van der Waals surface area contributed by atoms with Gasteiger partial charge in [0.2, 0.25) is 0 Å². The molecule has 0 saturated carbocycles. The van der Waals surface area contributed by atoms with Crippen molar-refractivity contribution in [2.75, 3.05) is 11.5 Å². The van der Waals surface area contributed by atoms with Gasteiger partial charge < -0.3 is 14.6 Å². The number of ketones is 1. The minimum Gasteiger partial charge on any atom is -0.507 e. The predicted molar refractivity (Wildman–Crippen MR) is 136 cm³/mol. The molecule has 8 heteroatoms. The number of nitrogens with zero attached hydrogens (tertiary/aromatic N) is 2. The lowest BCUT2D eigenvalue weighted by Gasteiger charge is -2.25. The van der Waals surface area contributed by atoms with Crippen molar-refractivity contribution in [3.63, 3.8) is 0 Å². The third kappa shape index (κ3) is 4.93. The molecule has 1 saturated heterocycles. The lowest BCUT2D eigenvalue weighted by molar-refractivity contribution is -0.132. The highest BCUT2D eigenvalue weighted by atomic mass is 16.5. The second kappa shape index (κ2) is 10.4. The maximum absolute atomic E-state index is 13.3. The molecule has 8 nitrogen and oxygen atoms in total. The van der Waals surface area contributed by atoms with Crippen LogP contribution in [0.5, 0.6) is 11.5 Å². The van der Waals surface area contributed by atoms with Crippen LogP contribution in [0.25, 0.3) is 5.76 Å². The molecule has 4 rings (SSSR count). The number of aryl methyl sites for hydroxylation is 1. The highest BCUT2D eigenvalue weighted by Gasteiger charge is 2.47. The Morgan fingerprint density at radius 1 is 1.05 bits per heavy atom. The molecule has 1 aliphatic heterocycles. The van der Waals surface area contributed by atoms with Gasteiger partial charge in [0.05, 0.1) is 29.9 Å². The predicted octanol–water partition coefficient (Wildman–Crippen LogP) is 4.82. The molecule has 3 aromatic carbocycles. The zero-order valence-corrected chi connectivity index (χ0v) is 20.5. The Kier molecular flexibility index (Phi) is 7.07. The van der Waals surface area contributed by atoms with E-state index in [9.17, 15) is 19.5 Å². The Hall–Kier alpha value is -4.90. The average molecular weight is 497 g/mol. The molecule has 0 radical (unpaired) electrons. The molecule has 1 heterocycles. The molecule has 0 spiro atoms. The zero-order valence-electron chi connectivity index (χ0n) is 20.5. The van der Waals surface area contributed by atoms with Crippen molar-refractivity contribution in [1.29, 1.82) is 5.26 Å². The third-order valence-electron chi connectivity index (χ3n) is 5.92. The Morgan fingerprint density at radius 3 is 2.30 bits per heavy atom. The first kappa shape index (κ1) is 25.2. The molecule has 3 aromatic rings. The SMILES string of the molecule is CCOc1ccc(/C(O)=C2/C(=O)C(=O)N(c3ccc(C#N)cc3)C2c2ccc(OC(C)=O)cc2)cc1C. The number of anilines is 1. The van der Waals surface area contributed by atoms with E-state index < -0.39 is 23.7 Å². The molecule has 1 aliphatic rings. The molecule has 1 unspecified atom stereocenters. The van der Waals surface area contributed by atoms with Crippen LogP contribution in [0.4, 0.5) is 5.69 Å². The summed E-state index contributed by atoms with van der Waals surface area (Å²) in [5, 5.41) is 20.5. The normalized spacial score (nSPS) is 16.4. The number of carbonyl (C=O) groups is 3. The van der Waals surface area contributed by atoms with E-state index in [4.69, 9.17) is 14.7 Å². The van der Waals surface area contributed by atoms with E-state index in [2.05, 4.69) is 0 Å². The lowest BCUT2D eigenvalue weighted by atomic mass is 9.94. The Balaban J connectivity index is 1.88. The van der Waals surface area contributed by atoms with Crippen LogP contribution in [0.15, 0.2) is 72.3 Å². The summed E-state index contributed by atoms with van der Waals surface area (Å²) in [6.45, 7) is 5.45. The summed E-state index contributed by atoms with van der Waals surface area (Å²) in [6, 6.07) is 18.7. The van der Waals surface area contributed by atoms with Gasteiger partial charge in [-0.2, -0.15) is 5.26 Å². The first-order chi connectivity index (χ1) is 17.7. The molecule has 37 heavy (non-hydrogen) atoms. The van der Waals surface area contributed by atoms with Crippen LogP contribution in [-0.2, 0) is 14.4 Å². The van der Waals surface area contributed by atoms with Crippen LogP contribution >= 0.6 is 0 Å². The van der Waals surface area contributed by atoms with Gasteiger partial charge in [0.15, 0.2) is 0 Å². The van der Waals surface area contributed by atoms with Gasteiger partial charge in [-0.1, -0.05) is 12.1 Å². The van der Waals surface area contributed by atoms with Crippen molar-refractivity contribution < 1.29 is 29.0 Å². The number of carbonyl (C=O) groups excluding carboxylic acids is 3. The fourth-order valence-electron chi connectivity index (χ4n) is 4.26. The van der Waals surface area contributed by atoms with Crippen molar-refractivity contribution in [2.24, 2.45) is 0 Å². The van der Waals surface area contributed by atoms with Crippen LogP contribution in [0, 0.1) is 18.3 Å². The summed E-state index contributed by atoms with van der Waals surface area (Å²) < 4.78 is 10.7. The Labute approximate surface area is 214 Å². The van der Waals surface area contributed by atoms with Gasteiger partial charge in [-0.25, -0.2) is 0 Å². The van der Waals surface area contributed by atoms with Crippen LogP contribution < -0.4 is 14.4 Å². The number of hydrogen-bond acceptors (Lipinski definition) is 7. The number of ether oxygens (including phenoxy) is 2. The van der Waals surface area contributed by atoms with Crippen LogP contribution in [0.1, 0.15) is 42.1 Å². The number of hydrogen-bond donors (Lipinski definition) is 1. The van der Waals surface area contributed by atoms with Crippen LogP contribution in [0.2, 0.25) is 0 Å². The second-order valence-corrected chi connectivity index (χ2v) is 8.40. The van der Waals surface area contributed by atoms with E-state index in [0.717, 1.165) is 5.56 Å².